The third-order valence-electron chi connectivity index (χ3n) is 6.10. The number of anilines is 2. The lowest BCUT2D eigenvalue weighted by molar-refractivity contribution is -0.680. The molecule has 1 aromatic carbocycles. The zero-order valence-corrected chi connectivity index (χ0v) is 18.0. The average Bonchev–Trinajstić information content (AvgIpc) is 3.00. The molecule has 158 valence electrons. The molecule has 1 atom stereocenters. The monoisotopic (exact) mass is 408 g/mol. The summed E-state index contributed by atoms with van der Waals surface area (Å²) in [6.45, 7) is 8.71. The van der Waals surface area contributed by atoms with E-state index in [1.165, 1.54) is 4.90 Å². The van der Waals surface area contributed by atoms with Crippen molar-refractivity contribution in [2.45, 2.75) is 46.1 Å². The summed E-state index contributed by atoms with van der Waals surface area (Å²) in [6, 6.07) is 9.24. The fourth-order valence-electron chi connectivity index (χ4n) is 4.38. The van der Waals surface area contributed by atoms with E-state index < -0.39 is 0 Å². The first-order chi connectivity index (χ1) is 14.4. The Bertz CT molecular complexity index is 915. The first kappa shape index (κ1) is 20.5. The molecule has 1 aromatic heterocycles. The van der Waals surface area contributed by atoms with Gasteiger partial charge in [-0.15, -0.1) is 0 Å². The summed E-state index contributed by atoms with van der Waals surface area (Å²) in [7, 11) is 0. The number of nitrogens with two attached hydrogens (primary N) is 1. The smallest absolute Gasteiger partial charge is 0.292 e. The van der Waals surface area contributed by atoms with Gasteiger partial charge in [-0.25, -0.2) is 14.9 Å². The van der Waals surface area contributed by atoms with Gasteiger partial charge in [0.2, 0.25) is 11.9 Å². The Labute approximate surface area is 177 Å². The molecule has 2 N–H and O–H groups in total. The zero-order chi connectivity index (χ0) is 21.3. The zero-order valence-electron chi connectivity index (χ0n) is 18.0. The second-order valence-corrected chi connectivity index (χ2v) is 8.57. The maximum absolute atomic E-state index is 12.8. The van der Waals surface area contributed by atoms with Gasteiger partial charge in [0.05, 0.1) is 18.7 Å². The van der Waals surface area contributed by atoms with Gasteiger partial charge in [-0.1, -0.05) is 17.7 Å². The Balaban J connectivity index is 1.30. The van der Waals surface area contributed by atoms with Gasteiger partial charge in [0.25, 0.3) is 5.91 Å². The summed E-state index contributed by atoms with van der Waals surface area (Å²) in [4.78, 5) is 38.0. The highest BCUT2D eigenvalue weighted by Crippen LogP contribution is 2.23. The van der Waals surface area contributed by atoms with Gasteiger partial charge in [-0.2, -0.15) is 0 Å². The minimum Gasteiger partial charge on any atom is -0.341 e. The number of quaternary nitrogens is 1. The van der Waals surface area contributed by atoms with Crippen molar-refractivity contribution in [3.63, 3.8) is 0 Å². The number of hydrogen-bond donors (Lipinski definition) is 1. The van der Waals surface area contributed by atoms with Gasteiger partial charge in [-0.05, 0) is 51.8 Å². The van der Waals surface area contributed by atoms with Gasteiger partial charge < -0.3 is 10.2 Å². The van der Waals surface area contributed by atoms with Crippen molar-refractivity contribution in [3.8, 4) is 0 Å². The fourth-order valence-corrected chi connectivity index (χ4v) is 4.38. The summed E-state index contributed by atoms with van der Waals surface area (Å²) in [6.07, 6.45) is 2.37. The largest absolute Gasteiger partial charge is 0.341 e. The summed E-state index contributed by atoms with van der Waals surface area (Å²) < 4.78 is 0. The minimum atomic E-state index is -0.306. The normalized spacial score (nSPS) is 20.3. The van der Waals surface area contributed by atoms with Crippen LogP contribution >= 0.6 is 0 Å². The molecule has 0 spiro atoms. The van der Waals surface area contributed by atoms with E-state index in [0.29, 0.717) is 11.6 Å². The van der Waals surface area contributed by atoms with E-state index in [1.807, 2.05) is 51.1 Å². The summed E-state index contributed by atoms with van der Waals surface area (Å²) in [5, 5.41) is 2.07. The number of hydrogen-bond acceptors (Lipinski definition) is 5. The molecule has 30 heavy (non-hydrogen) atoms. The predicted molar refractivity (Wildman–Crippen MR) is 115 cm³/mol. The van der Waals surface area contributed by atoms with Gasteiger partial charge in [0, 0.05) is 30.4 Å². The van der Waals surface area contributed by atoms with Crippen LogP contribution in [0.5, 0.6) is 0 Å². The van der Waals surface area contributed by atoms with E-state index in [-0.39, 0.29) is 24.3 Å². The molecule has 2 saturated heterocycles. The quantitative estimate of drug-likeness (QED) is 0.759. The van der Waals surface area contributed by atoms with Crippen molar-refractivity contribution in [1.82, 2.24) is 9.97 Å². The minimum absolute atomic E-state index is 0.0927. The van der Waals surface area contributed by atoms with E-state index in [4.69, 9.17) is 0 Å². The number of benzene rings is 1. The maximum atomic E-state index is 12.8. The Hall–Kier alpha value is -2.80. The molecule has 0 bridgehead atoms. The number of imide groups is 1. The lowest BCUT2D eigenvalue weighted by atomic mass is 9.96. The molecule has 2 fully saturated rings. The number of aromatic nitrogens is 2. The van der Waals surface area contributed by atoms with Crippen molar-refractivity contribution in [2.75, 3.05) is 29.4 Å². The van der Waals surface area contributed by atoms with Crippen LogP contribution in [0.4, 0.5) is 11.6 Å². The van der Waals surface area contributed by atoms with Crippen LogP contribution in [0.2, 0.25) is 0 Å². The van der Waals surface area contributed by atoms with Crippen LogP contribution in [-0.2, 0) is 9.59 Å². The van der Waals surface area contributed by atoms with Crippen LogP contribution in [0.25, 0.3) is 0 Å². The molecule has 2 aliphatic heterocycles. The standard InChI is InChI=1S/C23H29N5O2/c1-15-4-6-19(7-5-15)28-21(29)13-20(22(28)30)24-14-18-8-10-27(11-9-18)23-25-16(2)12-17(3)26-23/h4-7,12,18,20,24H,8-11,13-14H2,1-3H3/p+1/t20-/m0/s1. The Morgan fingerprint density at radius 3 is 2.27 bits per heavy atom. The van der Waals surface area contributed by atoms with Gasteiger partial charge in [-0.3, -0.25) is 9.59 Å². The molecule has 7 nitrogen and oxygen atoms in total. The highest BCUT2D eigenvalue weighted by molar-refractivity contribution is 6.21. The van der Waals surface area contributed by atoms with E-state index in [2.05, 4.69) is 20.2 Å². The summed E-state index contributed by atoms with van der Waals surface area (Å²) >= 11 is 0. The molecular weight excluding hydrogens is 378 g/mol. The van der Waals surface area contributed by atoms with E-state index in [1.54, 1.807) is 0 Å². The molecule has 0 unspecified atom stereocenters. The molecular formula is C23H30N5O2+. The van der Waals surface area contributed by atoms with Crippen LogP contribution in [0, 0.1) is 26.7 Å². The number of piperidine rings is 1. The molecule has 7 heteroatoms. The number of amides is 2. The van der Waals surface area contributed by atoms with Gasteiger partial charge in [0.1, 0.15) is 0 Å². The number of nitrogens with zero attached hydrogens (tertiary/aromatic N) is 4. The number of aryl methyl sites for hydroxylation is 3. The molecule has 2 amide bonds. The second-order valence-electron chi connectivity index (χ2n) is 8.57. The Morgan fingerprint density at radius 1 is 1.00 bits per heavy atom. The Kier molecular flexibility index (Phi) is 5.81. The predicted octanol–water partition coefficient (Wildman–Crippen LogP) is 1.51. The Morgan fingerprint density at radius 2 is 1.63 bits per heavy atom. The lowest BCUT2D eigenvalue weighted by Crippen LogP contribution is -2.92. The molecule has 2 aromatic rings. The topological polar surface area (TPSA) is 83.0 Å². The summed E-state index contributed by atoms with van der Waals surface area (Å²) in [5.41, 5.74) is 3.78. The number of carbonyl (C=O) groups is 2. The first-order valence-electron chi connectivity index (χ1n) is 10.7. The first-order valence-corrected chi connectivity index (χ1v) is 10.7. The van der Waals surface area contributed by atoms with Crippen LogP contribution in [0.15, 0.2) is 30.3 Å². The molecule has 0 aliphatic carbocycles. The van der Waals surface area contributed by atoms with Crippen molar-refractivity contribution in [3.05, 3.63) is 47.3 Å². The fraction of sp³-hybridized carbons (Fsp3) is 0.478. The highest BCUT2D eigenvalue weighted by atomic mass is 16.2. The van der Waals surface area contributed by atoms with Crippen LogP contribution in [0.3, 0.4) is 0 Å². The third kappa shape index (κ3) is 4.36. The van der Waals surface area contributed by atoms with E-state index >= 15 is 0 Å². The lowest BCUT2D eigenvalue weighted by Gasteiger charge is -2.31. The van der Waals surface area contributed by atoms with Crippen LogP contribution < -0.4 is 15.1 Å². The average molecular weight is 409 g/mol. The molecule has 0 radical (unpaired) electrons. The van der Waals surface area contributed by atoms with Gasteiger partial charge >= 0.3 is 0 Å². The van der Waals surface area contributed by atoms with E-state index in [9.17, 15) is 9.59 Å². The third-order valence-corrected chi connectivity index (χ3v) is 6.10. The maximum Gasteiger partial charge on any atom is 0.292 e. The highest BCUT2D eigenvalue weighted by Gasteiger charge is 2.42. The van der Waals surface area contributed by atoms with Crippen molar-refractivity contribution < 1.29 is 14.9 Å². The molecule has 4 rings (SSSR count). The molecule has 2 aliphatic rings. The van der Waals surface area contributed by atoms with Crippen LogP contribution in [0.1, 0.15) is 36.2 Å². The second kappa shape index (κ2) is 8.52. The molecule has 0 saturated carbocycles. The summed E-state index contributed by atoms with van der Waals surface area (Å²) in [5.74, 6) is 1.15. The number of rotatable bonds is 5. The van der Waals surface area contributed by atoms with Crippen LogP contribution in [-0.4, -0.2) is 47.5 Å². The SMILES string of the molecule is Cc1ccc(N2C(=O)C[C@H]([NH2+]CC3CCN(c4nc(C)cc(C)n4)CC3)C2=O)cc1. The van der Waals surface area contributed by atoms with Crippen molar-refractivity contribution in [2.24, 2.45) is 5.92 Å². The van der Waals surface area contributed by atoms with Crippen molar-refractivity contribution >= 4 is 23.5 Å². The van der Waals surface area contributed by atoms with E-state index in [0.717, 1.165) is 55.4 Å². The number of carbonyl (C=O) groups excluding carboxylic acids is 2. The van der Waals surface area contributed by atoms with Crippen molar-refractivity contribution in [1.29, 1.82) is 0 Å². The van der Waals surface area contributed by atoms with Gasteiger partial charge in [0.15, 0.2) is 6.04 Å². The molecule has 3 heterocycles.